The van der Waals surface area contributed by atoms with Gasteiger partial charge in [0.05, 0.1) is 34.7 Å². The van der Waals surface area contributed by atoms with Crippen LogP contribution in [0.5, 0.6) is 0 Å². The second-order valence-electron chi connectivity index (χ2n) is 15.3. The summed E-state index contributed by atoms with van der Waals surface area (Å²) < 4.78 is 2.22. The van der Waals surface area contributed by atoms with Gasteiger partial charge in [-0.25, -0.2) is 19.8 Å². The summed E-state index contributed by atoms with van der Waals surface area (Å²) in [6.45, 7) is 8.56. The largest absolute Gasteiger partial charge is 0.310 e. The predicted molar refractivity (Wildman–Crippen MR) is 243 cm³/mol. The highest BCUT2D eigenvalue weighted by Gasteiger charge is 2.50. The van der Waals surface area contributed by atoms with Gasteiger partial charge in [0.1, 0.15) is 0 Å². The molecule has 7 heteroatoms. The first-order chi connectivity index (χ1) is 30.1. The van der Waals surface area contributed by atoms with Crippen LogP contribution in [0.25, 0.3) is 77.6 Å². The monoisotopic (exact) mass is 794 g/mol. The van der Waals surface area contributed by atoms with Gasteiger partial charge in [-0.3, -0.25) is 0 Å². The molecule has 12 rings (SSSR count). The topological polar surface area (TPSA) is 71.8 Å². The normalized spacial score (nSPS) is 13.0. The average molecular weight is 795 g/mol. The van der Waals surface area contributed by atoms with Crippen molar-refractivity contribution in [3.8, 4) is 57.0 Å². The second-order valence-corrected chi connectivity index (χ2v) is 16.4. The molecular formula is C54H30N6S. The molecule has 0 amide bonds. The van der Waals surface area contributed by atoms with Crippen molar-refractivity contribution in [1.82, 2.24) is 19.5 Å². The minimum Gasteiger partial charge on any atom is -0.310 e. The van der Waals surface area contributed by atoms with Crippen LogP contribution in [-0.2, 0) is 5.41 Å². The third-order valence-electron chi connectivity index (χ3n) is 12.2. The van der Waals surface area contributed by atoms with Gasteiger partial charge in [-0.15, -0.1) is 0 Å². The summed E-state index contributed by atoms with van der Waals surface area (Å²) >= 11 is 1.83. The molecule has 282 valence electrons. The first kappa shape index (κ1) is 34.9. The van der Waals surface area contributed by atoms with E-state index in [1.165, 1.54) is 43.2 Å². The van der Waals surface area contributed by atoms with Crippen molar-refractivity contribution < 1.29 is 0 Å². The van der Waals surface area contributed by atoms with Crippen molar-refractivity contribution in [2.45, 2.75) is 15.2 Å². The van der Waals surface area contributed by atoms with E-state index in [9.17, 15) is 5.26 Å². The molecule has 6 nitrogen and oxygen atoms in total. The van der Waals surface area contributed by atoms with Gasteiger partial charge in [0.25, 0.3) is 0 Å². The molecule has 0 fully saturated rings. The minimum atomic E-state index is -0.561. The summed E-state index contributed by atoms with van der Waals surface area (Å²) in [5, 5.41) is 13.1. The standard InChI is InChI=1S/C54H30N6S/c1-56-45-29-36(28-35(32-55)50(45)53-58-51(33-16-4-2-5-17-33)57-52(59-53)34-18-6-3-7-19-34)60-46-25-13-9-21-38(46)40-30-39-37-20-8-10-22-41(37)54(44(39)31-47(40)60)42-23-11-14-26-48(42)61-49-27-15-12-24-43(49)54/h2-31H. The smallest absolute Gasteiger partial charge is 0.201 e. The maximum Gasteiger partial charge on any atom is 0.201 e. The maximum absolute atomic E-state index is 11.0. The van der Waals surface area contributed by atoms with Crippen molar-refractivity contribution in [1.29, 1.82) is 5.26 Å². The molecule has 0 bridgehead atoms. The maximum atomic E-state index is 11.0. The van der Waals surface area contributed by atoms with Crippen LogP contribution in [0.2, 0.25) is 0 Å². The van der Waals surface area contributed by atoms with E-state index in [4.69, 9.17) is 21.5 Å². The summed E-state index contributed by atoms with van der Waals surface area (Å²) in [5.41, 5.74) is 12.1. The van der Waals surface area contributed by atoms with Crippen LogP contribution in [0.15, 0.2) is 192 Å². The fourth-order valence-corrected chi connectivity index (χ4v) is 10.9. The number of rotatable bonds is 4. The molecule has 8 aromatic carbocycles. The van der Waals surface area contributed by atoms with Crippen LogP contribution in [-0.4, -0.2) is 19.5 Å². The van der Waals surface area contributed by atoms with E-state index < -0.39 is 5.41 Å². The lowest BCUT2D eigenvalue weighted by molar-refractivity contribution is 0.723. The zero-order valence-electron chi connectivity index (χ0n) is 32.4. The van der Waals surface area contributed by atoms with Crippen LogP contribution < -0.4 is 0 Å². The third kappa shape index (κ3) is 5.05. The summed E-state index contributed by atoms with van der Waals surface area (Å²) in [6, 6.07) is 65.2. The summed E-state index contributed by atoms with van der Waals surface area (Å²) in [7, 11) is 0. The van der Waals surface area contributed by atoms with E-state index in [2.05, 4.69) is 119 Å². The Morgan fingerprint density at radius 1 is 0.525 bits per heavy atom. The number of benzene rings is 8. The Morgan fingerprint density at radius 3 is 1.75 bits per heavy atom. The number of aromatic nitrogens is 4. The van der Waals surface area contributed by atoms with Gasteiger partial charge >= 0.3 is 0 Å². The van der Waals surface area contributed by atoms with E-state index in [-0.39, 0.29) is 11.5 Å². The zero-order valence-corrected chi connectivity index (χ0v) is 33.2. The van der Waals surface area contributed by atoms with Crippen LogP contribution in [0, 0.1) is 17.9 Å². The molecule has 61 heavy (non-hydrogen) atoms. The first-order valence-electron chi connectivity index (χ1n) is 20.0. The number of nitrogens with zero attached hydrogens (tertiary/aromatic N) is 6. The lowest BCUT2D eigenvalue weighted by Gasteiger charge is -2.39. The third-order valence-corrected chi connectivity index (χ3v) is 13.3. The molecule has 0 N–H and O–H groups in total. The Balaban J connectivity index is 1.13. The van der Waals surface area contributed by atoms with Crippen molar-refractivity contribution >= 4 is 39.3 Å². The Hall–Kier alpha value is -8.10. The molecule has 1 aliphatic carbocycles. The summed E-state index contributed by atoms with van der Waals surface area (Å²) in [5.74, 6) is 1.20. The van der Waals surface area contributed by atoms with Crippen LogP contribution >= 0.6 is 11.8 Å². The van der Waals surface area contributed by atoms with E-state index in [1.54, 1.807) is 0 Å². The Bertz CT molecular complexity index is 3400. The van der Waals surface area contributed by atoms with Gasteiger partial charge in [0, 0.05) is 42.9 Å². The average Bonchev–Trinajstić information content (AvgIpc) is 3.80. The minimum absolute atomic E-state index is 0.272. The van der Waals surface area contributed by atoms with Crippen molar-refractivity contribution in [3.63, 3.8) is 0 Å². The number of hydrogen-bond acceptors (Lipinski definition) is 5. The van der Waals surface area contributed by atoms with Crippen LogP contribution in [0.3, 0.4) is 0 Å². The van der Waals surface area contributed by atoms with E-state index in [0.29, 0.717) is 28.5 Å². The molecule has 1 aliphatic heterocycles. The van der Waals surface area contributed by atoms with Gasteiger partial charge in [-0.2, -0.15) is 5.26 Å². The van der Waals surface area contributed by atoms with Gasteiger partial charge in [-0.05, 0) is 75.8 Å². The fraction of sp³-hybridized carbons (Fsp3) is 0.0185. The lowest BCUT2D eigenvalue weighted by atomic mass is 9.67. The number of hydrogen-bond donors (Lipinski definition) is 0. The van der Waals surface area contributed by atoms with Gasteiger partial charge in [-0.1, -0.05) is 151 Å². The van der Waals surface area contributed by atoms with E-state index in [0.717, 1.165) is 32.9 Å². The second kappa shape index (κ2) is 13.5. The Labute approximate surface area is 355 Å². The first-order valence-corrected chi connectivity index (χ1v) is 20.8. The molecule has 0 saturated heterocycles. The molecule has 2 aromatic heterocycles. The number of fused-ring (bicyclic) bond motifs is 12. The number of nitriles is 1. The quantitative estimate of drug-likeness (QED) is 0.166. The molecule has 2 aliphatic rings. The van der Waals surface area contributed by atoms with Gasteiger partial charge < -0.3 is 4.57 Å². The molecular weight excluding hydrogens is 765 g/mol. The predicted octanol–water partition coefficient (Wildman–Crippen LogP) is 13.2. The highest BCUT2D eigenvalue weighted by Crippen LogP contribution is 2.62. The highest BCUT2D eigenvalue weighted by atomic mass is 32.2. The molecule has 10 aromatic rings. The Kier molecular flexibility index (Phi) is 7.71. The van der Waals surface area contributed by atoms with E-state index >= 15 is 0 Å². The zero-order chi connectivity index (χ0) is 40.7. The summed E-state index contributed by atoms with van der Waals surface area (Å²) in [6.07, 6.45) is 0. The fourth-order valence-electron chi connectivity index (χ4n) is 9.66. The molecule has 0 atom stereocenters. The highest BCUT2D eigenvalue weighted by molar-refractivity contribution is 7.99. The molecule has 0 radical (unpaired) electrons. The van der Waals surface area contributed by atoms with Crippen molar-refractivity contribution in [2.24, 2.45) is 0 Å². The van der Waals surface area contributed by atoms with Crippen LogP contribution in [0.1, 0.15) is 27.8 Å². The number of para-hydroxylation sites is 1. The van der Waals surface area contributed by atoms with Gasteiger partial charge in [0.15, 0.2) is 17.5 Å². The molecule has 0 unspecified atom stereocenters. The van der Waals surface area contributed by atoms with E-state index in [1.807, 2.05) is 90.6 Å². The van der Waals surface area contributed by atoms with Crippen LogP contribution in [0.4, 0.5) is 5.69 Å². The SMILES string of the molecule is [C-]#[N+]c1cc(-n2c3ccccc3c3cc4c(cc32)C2(c3ccccc3Sc3ccccc32)c2ccccc2-4)cc(C#N)c1-c1nc(-c2ccccc2)nc(-c2ccccc2)n1. The Morgan fingerprint density at radius 2 is 1.10 bits per heavy atom. The van der Waals surface area contributed by atoms with Crippen molar-refractivity contribution in [2.75, 3.05) is 0 Å². The molecule has 3 heterocycles. The molecule has 1 spiro atoms. The lowest BCUT2D eigenvalue weighted by Crippen LogP contribution is -2.31. The van der Waals surface area contributed by atoms with Gasteiger partial charge in [0.2, 0.25) is 5.69 Å². The summed E-state index contributed by atoms with van der Waals surface area (Å²) in [4.78, 5) is 21.3. The van der Waals surface area contributed by atoms with Crippen molar-refractivity contribution in [3.05, 3.63) is 221 Å². The molecule has 0 saturated carbocycles.